The number of nitrogens with zero attached hydrogens (tertiary/aromatic N) is 1. The van der Waals surface area contributed by atoms with Crippen LogP contribution < -0.4 is 20.2 Å². The Morgan fingerprint density at radius 3 is 2.34 bits per heavy atom. The van der Waals surface area contributed by atoms with Crippen LogP contribution in [0.1, 0.15) is 42.3 Å². The van der Waals surface area contributed by atoms with E-state index in [1.165, 1.54) is 6.21 Å². The topological polar surface area (TPSA) is 89.0 Å². The Balaban J connectivity index is 1.67. The van der Waals surface area contributed by atoms with Gasteiger partial charge in [0.1, 0.15) is 12.6 Å². The quantitative estimate of drug-likeness (QED) is 0.175. The van der Waals surface area contributed by atoms with E-state index < -0.39 is 11.9 Å². The fraction of sp³-hybridized carbons (Fsp3) is 0.250. The zero-order valence-corrected chi connectivity index (χ0v) is 25.1. The normalized spacial score (nSPS) is 11.9. The minimum Gasteiger partial charge on any atom is -0.490 e. The highest BCUT2D eigenvalue weighted by molar-refractivity contribution is 9.10. The van der Waals surface area contributed by atoms with Crippen molar-refractivity contribution < 1.29 is 19.1 Å². The highest BCUT2D eigenvalue weighted by Crippen LogP contribution is 2.37. The van der Waals surface area contributed by atoms with Crippen LogP contribution in [0.5, 0.6) is 11.5 Å². The maximum atomic E-state index is 12.8. The molecule has 3 aromatic carbocycles. The molecule has 0 radical (unpaired) electrons. The van der Waals surface area contributed by atoms with E-state index in [1.54, 1.807) is 30.3 Å². The van der Waals surface area contributed by atoms with E-state index in [-0.39, 0.29) is 11.8 Å². The number of carbonyl (C=O) groups excluding carboxylic acids is 2. The van der Waals surface area contributed by atoms with Crippen LogP contribution in [0, 0.1) is 5.92 Å². The highest BCUT2D eigenvalue weighted by Gasteiger charge is 2.24. The summed E-state index contributed by atoms with van der Waals surface area (Å²) in [5.41, 5.74) is 4.62. The minimum atomic E-state index is -0.782. The molecule has 2 amide bonds. The first-order chi connectivity index (χ1) is 18.2. The predicted molar refractivity (Wildman–Crippen MR) is 157 cm³/mol. The highest BCUT2D eigenvalue weighted by atomic mass is 79.9. The molecule has 200 valence electrons. The van der Waals surface area contributed by atoms with Gasteiger partial charge in [0.25, 0.3) is 11.8 Å². The van der Waals surface area contributed by atoms with Gasteiger partial charge in [0.2, 0.25) is 0 Å². The van der Waals surface area contributed by atoms with Crippen LogP contribution in [0.25, 0.3) is 0 Å². The van der Waals surface area contributed by atoms with Crippen LogP contribution in [-0.4, -0.2) is 30.7 Å². The molecule has 0 fully saturated rings. The third-order valence-corrected chi connectivity index (χ3v) is 6.73. The summed E-state index contributed by atoms with van der Waals surface area (Å²) in [4.78, 5) is 25.4. The third kappa shape index (κ3) is 8.58. The van der Waals surface area contributed by atoms with Crippen LogP contribution in [0.4, 0.5) is 0 Å². The Bertz CT molecular complexity index is 1280. The van der Waals surface area contributed by atoms with Crippen LogP contribution >= 0.6 is 43.5 Å². The molecule has 1 atom stereocenters. The van der Waals surface area contributed by atoms with E-state index in [0.29, 0.717) is 45.3 Å². The summed E-state index contributed by atoms with van der Waals surface area (Å²) in [5, 5.41) is 7.38. The fourth-order valence-electron chi connectivity index (χ4n) is 3.40. The molecule has 0 aliphatic carbocycles. The van der Waals surface area contributed by atoms with Gasteiger partial charge in [-0.15, -0.1) is 0 Å². The number of nitrogens with one attached hydrogen (secondary N) is 2. The van der Waals surface area contributed by atoms with Gasteiger partial charge in [0.15, 0.2) is 11.5 Å². The Hall–Kier alpha value is -2.88. The zero-order chi connectivity index (χ0) is 27.7. The molecule has 38 heavy (non-hydrogen) atoms. The number of amides is 2. The van der Waals surface area contributed by atoms with Crippen molar-refractivity contribution in [2.45, 2.75) is 33.4 Å². The fourth-order valence-corrected chi connectivity index (χ4v) is 4.37. The lowest BCUT2D eigenvalue weighted by Crippen LogP contribution is -2.48. The van der Waals surface area contributed by atoms with Crippen LogP contribution in [0.2, 0.25) is 5.02 Å². The number of hydrogen-bond donors (Lipinski definition) is 2. The molecule has 3 rings (SSSR count). The number of ether oxygens (including phenoxy) is 2. The van der Waals surface area contributed by atoms with Crippen molar-refractivity contribution in [1.82, 2.24) is 10.7 Å². The molecule has 0 saturated carbocycles. The smallest absolute Gasteiger partial charge is 0.262 e. The third-order valence-electron chi connectivity index (χ3n) is 5.36. The monoisotopic (exact) mass is 663 g/mol. The lowest BCUT2D eigenvalue weighted by molar-refractivity contribution is -0.123. The van der Waals surface area contributed by atoms with Crippen molar-refractivity contribution >= 4 is 61.5 Å². The van der Waals surface area contributed by atoms with E-state index in [1.807, 2.05) is 51.1 Å². The van der Waals surface area contributed by atoms with Crippen LogP contribution in [-0.2, 0) is 11.4 Å². The molecular formula is C28H28Br2ClN3O4. The van der Waals surface area contributed by atoms with Crippen molar-refractivity contribution in [3.05, 3.63) is 91.3 Å². The van der Waals surface area contributed by atoms with Gasteiger partial charge in [-0.1, -0.05) is 53.5 Å². The van der Waals surface area contributed by atoms with E-state index in [4.69, 9.17) is 21.1 Å². The van der Waals surface area contributed by atoms with Gasteiger partial charge in [-0.3, -0.25) is 9.59 Å². The first-order valence-electron chi connectivity index (χ1n) is 11.9. The van der Waals surface area contributed by atoms with Gasteiger partial charge >= 0.3 is 0 Å². The average Bonchev–Trinajstić information content (AvgIpc) is 2.88. The summed E-state index contributed by atoms with van der Waals surface area (Å²) in [7, 11) is 0. The van der Waals surface area contributed by atoms with Gasteiger partial charge < -0.3 is 14.8 Å². The van der Waals surface area contributed by atoms with Crippen LogP contribution in [0.3, 0.4) is 0 Å². The van der Waals surface area contributed by atoms with Crippen molar-refractivity contribution in [3.63, 3.8) is 0 Å². The number of hydrazone groups is 1. The summed E-state index contributed by atoms with van der Waals surface area (Å²) in [6.45, 7) is 6.39. The molecule has 0 spiro atoms. The second kappa shape index (κ2) is 14.3. The molecule has 1 unspecified atom stereocenters. The van der Waals surface area contributed by atoms with Crippen molar-refractivity contribution in [3.8, 4) is 11.5 Å². The van der Waals surface area contributed by atoms with Gasteiger partial charge in [-0.05, 0) is 88.4 Å². The lowest BCUT2D eigenvalue weighted by Gasteiger charge is -2.20. The number of rotatable bonds is 11. The number of hydrogen-bond acceptors (Lipinski definition) is 5. The molecule has 10 heteroatoms. The molecule has 2 N–H and O–H groups in total. The Morgan fingerprint density at radius 1 is 1.03 bits per heavy atom. The molecule has 3 aromatic rings. The maximum absolute atomic E-state index is 12.8. The van der Waals surface area contributed by atoms with E-state index in [0.717, 1.165) is 10.0 Å². The van der Waals surface area contributed by atoms with Crippen molar-refractivity contribution in [2.24, 2.45) is 11.0 Å². The van der Waals surface area contributed by atoms with Crippen molar-refractivity contribution in [2.75, 3.05) is 6.61 Å². The SMILES string of the molecule is CCOc1cc(C=NNC(=O)C(NC(=O)c2ccc(Cl)cc2)C(C)C)cc(Br)c1OCc1ccc(Br)cc1. The number of benzene rings is 3. The lowest BCUT2D eigenvalue weighted by atomic mass is 10.0. The number of carbonyl (C=O) groups is 2. The number of halogens is 3. The van der Waals surface area contributed by atoms with E-state index in [9.17, 15) is 9.59 Å². The van der Waals surface area contributed by atoms with Crippen LogP contribution in [0.15, 0.2) is 74.7 Å². The molecular weight excluding hydrogens is 638 g/mol. The second-order valence-electron chi connectivity index (χ2n) is 8.61. The van der Waals surface area contributed by atoms with Gasteiger partial charge in [0, 0.05) is 15.1 Å². The molecule has 0 heterocycles. The Kier molecular flexibility index (Phi) is 11.2. The maximum Gasteiger partial charge on any atom is 0.262 e. The standard InChI is InChI=1S/C28H28Br2ClN3O4/c1-4-37-24-14-19(13-23(30)26(24)38-16-18-5-9-21(29)10-6-18)15-32-34-28(36)25(17(2)3)33-27(35)20-7-11-22(31)12-8-20/h5-15,17,25H,4,16H2,1-3H3,(H,33,35)(H,34,36). The van der Waals surface area contributed by atoms with E-state index >= 15 is 0 Å². The average molecular weight is 666 g/mol. The van der Waals surface area contributed by atoms with E-state index in [2.05, 4.69) is 47.7 Å². The summed E-state index contributed by atoms with van der Waals surface area (Å²) >= 11 is 12.9. The zero-order valence-electron chi connectivity index (χ0n) is 21.1. The summed E-state index contributed by atoms with van der Waals surface area (Å²) in [6, 6.07) is 17.1. The molecule has 0 aromatic heterocycles. The first-order valence-corrected chi connectivity index (χ1v) is 13.9. The van der Waals surface area contributed by atoms with Gasteiger partial charge in [-0.2, -0.15) is 5.10 Å². The largest absolute Gasteiger partial charge is 0.490 e. The Morgan fingerprint density at radius 2 is 1.71 bits per heavy atom. The predicted octanol–water partition coefficient (Wildman–Crippen LogP) is 6.75. The van der Waals surface area contributed by atoms with Crippen molar-refractivity contribution in [1.29, 1.82) is 0 Å². The van der Waals surface area contributed by atoms with Gasteiger partial charge in [-0.25, -0.2) is 5.43 Å². The molecule has 7 nitrogen and oxygen atoms in total. The molecule has 0 aliphatic rings. The summed E-state index contributed by atoms with van der Waals surface area (Å²) in [5.74, 6) is 0.144. The minimum absolute atomic E-state index is 0.165. The molecule has 0 aliphatic heterocycles. The first kappa shape index (κ1) is 29.7. The Labute approximate surface area is 244 Å². The van der Waals surface area contributed by atoms with Gasteiger partial charge in [0.05, 0.1) is 17.3 Å². The molecule has 0 saturated heterocycles. The summed E-state index contributed by atoms with van der Waals surface area (Å²) in [6.07, 6.45) is 1.50. The summed E-state index contributed by atoms with van der Waals surface area (Å²) < 4.78 is 13.5. The second-order valence-corrected chi connectivity index (χ2v) is 10.8. The molecule has 0 bridgehead atoms.